The number of rotatable bonds is 4. The Morgan fingerprint density at radius 1 is 1.29 bits per heavy atom. The molecular formula is C20H17N5O3. The van der Waals surface area contributed by atoms with Crippen molar-refractivity contribution in [2.45, 2.75) is 0 Å². The fourth-order valence-electron chi connectivity index (χ4n) is 2.80. The maximum Gasteiger partial charge on any atom is 0.321 e. The highest BCUT2D eigenvalue weighted by Crippen LogP contribution is 2.18. The highest BCUT2D eigenvalue weighted by atomic mass is 16.3. The minimum absolute atomic E-state index is 0.0879. The summed E-state index contributed by atoms with van der Waals surface area (Å²) in [6, 6.07) is 12.5. The van der Waals surface area contributed by atoms with E-state index in [-0.39, 0.29) is 24.2 Å². The first kappa shape index (κ1) is 17.4. The summed E-state index contributed by atoms with van der Waals surface area (Å²) in [7, 11) is 0. The van der Waals surface area contributed by atoms with Crippen LogP contribution in [-0.2, 0) is 0 Å². The molecule has 0 unspecified atom stereocenters. The van der Waals surface area contributed by atoms with E-state index >= 15 is 0 Å². The monoisotopic (exact) mass is 375 g/mol. The number of nitrogens with zero attached hydrogens (tertiary/aromatic N) is 2. The van der Waals surface area contributed by atoms with Gasteiger partial charge < -0.3 is 15.1 Å². The number of benzene rings is 1. The van der Waals surface area contributed by atoms with Gasteiger partial charge in [-0.15, -0.1) is 0 Å². The maximum atomic E-state index is 12.1. The van der Waals surface area contributed by atoms with Crippen LogP contribution in [0, 0.1) is 11.8 Å². The van der Waals surface area contributed by atoms with Gasteiger partial charge >= 0.3 is 6.03 Å². The first-order chi connectivity index (χ1) is 13.7. The Morgan fingerprint density at radius 3 is 2.86 bits per heavy atom. The van der Waals surface area contributed by atoms with Crippen LogP contribution in [-0.4, -0.2) is 41.8 Å². The lowest BCUT2D eigenvalue weighted by molar-refractivity contribution is 0.0953. The highest BCUT2D eigenvalue weighted by molar-refractivity contribution is 5.94. The molecule has 0 bridgehead atoms. The Kier molecular flexibility index (Phi) is 4.80. The highest BCUT2D eigenvalue weighted by Gasteiger charge is 2.20. The lowest BCUT2D eigenvalue weighted by Gasteiger charge is -2.13. The van der Waals surface area contributed by atoms with E-state index in [1.54, 1.807) is 29.4 Å². The molecular weight excluding hydrogens is 358 g/mol. The van der Waals surface area contributed by atoms with Crippen LogP contribution in [0.2, 0.25) is 0 Å². The maximum absolute atomic E-state index is 12.1. The summed E-state index contributed by atoms with van der Waals surface area (Å²) in [5, 5.41) is 12.2. The number of urea groups is 1. The van der Waals surface area contributed by atoms with Crippen molar-refractivity contribution in [3.8, 4) is 23.3 Å². The number of furan rings is 1. The van der Waals surface area contributed by atoms with Gasteiger partial charge in [-0.25, -0.2) is 4.79 Å². The number of nitrogens with one attached hydrogen (secondary N) is 3. The summed E-state index contributed by atoms with van der Waals surface area (Å²) < 4.78 is 5.26. The molecule has 2 aromatic heterocycles. The number of anilines is 1. The molecule has 3 N–H and O–H groups in total. The number of aromatic amines is 1. The molecule has 0 radical (unpaired) electrons. The van der Waals surface area contributed by atoms with Crippen LogP contribution in [0.5, 0.6) is 0 Å². The number of hydrogen-bond donors (Lipinski definition) is 3. The molecule has 140 valence electrons. The van der Waals surface area contributed by atoms with E-state index in [2.05, 4.69) is 32.7 Å². The lowest BCUT2D eigenvalue weighted by Crippen LogP contribution is -2.27. The van der Waals surface area contributed by atoms with E-state index in [4.69, 9.17) is 4.42 Å². The molecule has 0 aliphatic carbocycles. The van der Waals surface area contributed by atoms with Gasteiger partial charge in [0.1, 0.15) is 5.69 Å². The van der Waals surface area contributed by atoms with E-state index < -0.39 is 0 Å². The molecule has 0 spiro atoms. The Balaban J connectivity index is 1.31. The Labute approximate surface area is 160 Å². The van der Waals surface area contributed by atoms with Crippen molar-refractivity contribution in [2.24, 2.45) is 0 Å². The van der Waals surface area contributed by atoms with Crippen LogP contribution in [0.3, 0.4) is 0 Å². The first-order valence-electron chi connectivity index (χ1n) is 8.72. The van der Waals surface area contributed by atoms with E-state index in [9.17, 15) is 9.59 Å². The molecule has 28 heavy (non-hydrogen) atoms. The zero-order chi connectivity index (χ0) is 19.3. The quantitative estimate of drug-likeness (QED) is 0.607. The predicted molar refractivity (Wildman–Crippen MR) is 103 cm³/mol. The van der Waals surface area contributed by atoms with Gasteiger partial charge in [0.05, 0.1) is 12.8 Å². The smallest absolute Gasteiger partial charge is 0.321 e. The minimum atomic E-state index is -0.321. The molecule has 1 fully saturated rings. The molecule has 8 nitrogen and oxygen atoms in total. The van der Waals surface area contributed by atoms with Crippen molar-refractivity contribution in [3.05, 3.63) is 60.0 Å². The van der Waals surface area contributed by atoms with Crippen molar-refractivity contribution in [1.82, 2.24) is 20.8 Å². The molecule has 1 aromatic carbocycles. The number of aromatic nitrogens is 2. The summed E-state index contributed by atoms with van der Waals surface area (Å²) in [6.07, 6.45) is 1.55. The fourth-order valence-corrected chi connectivity index (χ4v) is 2.80. The first-order valence-corrected chi connectivity index (χ1v) is 8.72. The second-order valence-electron chi connectivity index (χ2n) is 6.06. The SMILES string of the molecule is O=C(NCC#Cc1ccc(N2CCNC2=O)cc1)c1cc(-c2ccco2)[nH]n1. The summed E-state index contributed by atoms with van der Waals surface area (Å²) in [5.74, 6) is 6.18. The van der Waals surface area contributed by atoms with Crippen molar-refractivity contribution < 1.29 is 14.0 Å². The van der Waals surface area contributed by atoms with Crippen LogP contribution in [0.4, 0.5) is 10.5 Å². The van der Waals surface area contributed by atoms with Crippen LogP contribution in [0.1, 0.15) is 16.1 Å². The average molecular weight is 375 g/mol. The minimum Gasteiger partial charge on any atom is -0.463 e. The van der Waals surface area contributed by atoms with E-state index in [0.717, 1.165) is 11.3 Å². The van der Waals surface area contributed by atoms with E-state index in [0.29, 0.717) is 24.5 Å². The Bertz CT molecular complexity index is 1040. The number of amides is 3. The molecule has 4 rings (SSSR count). The zero-order valence-electron chi connectivity index (χ0n) is 14.9. The van der Waals surface area contributed by atoms with Crippen LogP contribution in [0.25, 0.3) is 11.5 Å². The van der Waals surface area contributed by atoms with Crippen molar-refractivity contribution in [1.29, 1.82) is 0 Å². The van der Waals surface area contributed by atoms with Gasteiger partial charge in [-0.2, -0.15) is 5.10 Å². The van der Waals surface area contributed by atoms with Crippen LogP contribution in [0.15, 0.2) is 53.1 Å². The van der Waals surface area contributed by atoms with E-state index in [1.165, 1.54) is 0 Å². The largest absolute Gasteiger partial charge is 0.463 e. The number of H-pyrrole nitrogens is 1. The van der Waals surface area contributed by atoms with Crippen molar-refractivity contribution in [3.63, 3.8) is 0 Å². The second-order valence-corrected chi connectivity index (χ2v) is 6.06. The second kappa shape index (κ2) is 7.72. The number of hydrogen-bond acceptors (Lipinski definition) is 4. The lowest BCUT2D eigenvalue weighted by atomic mass is 10.2. The normalized spacial score (nSPS) is 13.0. The molecule has 1 saturated heterocycles. The summed E-state index contributed by atoms with van der Waals surface area (Å²) in [5.41, 5.74) is 2.53. The van der Waals surface area contributed by atoms with Gasteiger partial charge in [0.25, 0.3) is 5.91 Å². The molecule has 0 atom stereocenters. The summed E-state index contributed by atoms with van der Waals surface area (Å²) >= 11 is 0. The van der Waals surface area contributed by atoms with Gasteiger partial charge in [-0.05, 0) is 36.4 Å². The molecule has 1 aliphatic heterocycles. The molecule has 3 aromatic rings. The molecule has 3 heterocycles. The third kappa shape index (κ3) is 3.73. The zero-order valence-corrected chi connectivity index (χ0v) is 14.9. The van der Waals surface area contributed by atoms with Crippen molar-refractivity contribution >= 4 is 17.6 Å². The Hall–Kier alpha value is -3.99. The molecule has 0 saturated carbocycles. The van der Waals surface area contributed by atoms with Crippen molar-refractivity contribution in [2.75, 3.05) is 24.5 Å². The third-order valence-electron chi connectivity index (χ3n) is 4.20. The van der Waals surface area contributed by atoms with Crippen LogP contribution < -0.4 is 15.5 Å². The molecule has 3 amide bonds. The fraction of sp³-hybridized carbons (Fsp3) is 0.150. The molecule has 1 aliphatic rings. The number of carbonyl (C=O) groups is 2. The predicted octanol–water partition coefficient (Wildman–Crippen LogP) is 1.98. The van der Waals surface area contributed by atoms with Gasteiger partial charge in [0.2, 0.25) is 0 Å². The van der Waals surface area contributed by atoms with Crippen LogP contribution >= 0.6 is 0 Å². The average Bonchev–Trinajstić information content (AvgIpc) is 3.46. The van der Waals surface area contributed by atoms with Gasteiger partial charge in [-0.3, -0.25) is 14.8 Å². The van der Waals surface area contributed by atoms with Gasteiger partial charge in [0.15, 0.2) is 11.5 Å². The van der Waals surface area contributed by atoms with Gasteiger partial charge in [0, 0.05) is 30.4 Å². The standard InChI is InChI=1S/C20H17N5O3/c26-19(17-13-16(23-24-17)18-4-2-12-28-18)21-9-1-3-14-5-7-15(8-6-14)25-11-10-22-20(25)27/h2,4-8,12-13H,9-11H2,(H,21,26)(H,22,27)(H,23,24). The topological polar surface area (TPSA) is 103 Å². The third-order valence-corrected chi connectivity index (χ3v) is 4.20. The molecule has 8 heteroatoms. The van der Waals surface area contributed by atoms with E-state index in [1.807, 2.05) is 24.3 Å². The number of carbonyl (C=O) groups excluding carboxylic acids is 2. The Morgan fingerprint density at radius 2 is 2.14 bits per heavy atom. The summed E-state index contributed by atoms with van der Waals surface area (Å²) in [4.78, 5) is 25.5. The van der Waals surface area contributed by atoms with Gasteiger partial charge in [-0.1, -0.05) is 11.8 Å². The summed E-state index contributed by atoms with van der Waals surface area (Å²) in [6.45, 7) is 1.50.